The van der Waals surface area contributed by atoms with Crippen LogP contribution in [-0.2, 0) is 4.79 Å². The summed E-state index contributed by atoms with van der Waals surface area (Å²) in [6.45, 7) is 3.93. The smallest absolute Gasteiger partial charge is 0.251 e. The van der Waals surface area contributed by atoms with E-state index in [0.717, 1.165) is 36.7 Å². The van der Waals surface area contributed by atoms with Crippen molar-refractivity contribution in [2.75, 3.05) is 19.6 Å². The van der Waals surface area contributed by atoms with Gasteiger partial charge >= 0.3 is 0 Å². The van der Waals surface area contributed by atoms with Crippen LogP contribution in [0, 0.1) is 5.92 Å². The van der Waals surface area contributed by atoms with Crippen molar-refractivity contribution in [2.45, 2.75) is 32.2 Å². The van der Waals surface area contributed by atoms with Gasteiger partial charge in [0, 0.05) is 37.7 Å². The first-order chi connectivity index (χ1) is 12.5. The summed E-state index contributed by atoms with van der Waals surface area (Å²) in [5.74, 6) is 0.470. The highest BCUT2D eigenvalue weighted by molar-refractivity contribution is 5.98. The minimum absolute atomic E-state index is 0.104. The summed E-state index contributed by atoms with van der Waals surface area (Å²) >= 11 is 0. The summed E-state index contributed by atoms with van der Waals surface area (Å²) in [7, 11) is 0. The van der Waals surface area contributed by atoms with E-state index in [2.05, 4.69) is 5.32 Å². The van der Waals surface area contributed by atoms with Crippen molar-refractivity contribution in [2.24, 2.45) is 11.7 Å². The monoisotopic (exact) mass is 353 g/mol. The van der Waals surface area contributed by atoms with E-state index in [1.165, 1.54) is 0 Å². The SMILES string of the molecule is CC(N)C1CCN(C(=O)CCNC(=O)c2ccc3ccccc3c2)CC1. The number of carbonyl (C=O) groups excluding carboxylic acids is 2. The number of benzene rings is 2. The standard InChI is InChI=1S/C21H27N3O2/c1-15(22)16-9-12-24(13-10-16)20(25)8-11-23-21(26)19-7-6-17-4-2-3-5-18(17)14-19/h2-7,14-16H,8-13,22H2,1H3,(H,23,26). The summed E-state index contributed by atoms with van der Waals surface area (Å²) in [5, 5.41) is 5.00. The number of nitrogens with zero attached hydrogens (tertiary/aromatic N) is 1. The number of piperidine rings is 1. The third-order valence-corrected chi connectivity index (χ3v) is 5.27. The molecular weight excluding hydrogens is 326 g/mol. The van der Waals surface area contributed by atoms with Crippen LogP contribution in [0.3, 0.4) is 0 Å². The van der Waals surface area contributed by atoms with Gasteiger partial charge < -0.3 is 16.0 Å². The zero-order valence-corrected chi connectivity index (χ0v) is 15.3. The van der Waals surface area contributed by atoms with Crippen LogP contribution in [0.2, 0.25) is 0 Å². The lowest BCUT2D eigenvalue weighted by Gasteiger charge is -2.33. The molecule has 0 bridgehead atoms. The molecule has 0 aromatic heterocycles. The first-order valence-corrected chi connectivity index (χ1v) is 9.35. The molecule has 3 N–H and O–H groups in total. The average molecular weight is 353 g/mol. The van der Waals surface area contributed by atoms with E-state index >= 15 is 0 Å². The normalized spacial score (nSPS) is 16.5. The fraction of sp³-hybridized carbons (Fsp3) is 0.429. The highest BCUT2D eigenvalue weighted by atomic mass is 16.2. The molecule has 1 aliphatic rings. The highest BCUT2D eigenvalue weighted by Crippen LogP contribution is 2.20. The molecule has 1 unspecified atom stereocenters. The second-order valence-corrected chi connectivity index (χ2v) is 7.15. The maximum atomic E-state index is 12.3. The fourth-order valence-corrected chi connectivity index (χ4v) is 3.55. The number of carbonyl (C=O) groups is 2. The molecule has 0 aliphatic carbocycles. The number of amides is 2. The number of hydrogen-bond acceptors (Lipinski definition) is 3. The third kappa shape index (κ3) is 4.41. The molecule has 138 valence electrons. The quantitative estimate of drug-likeness (QED) is 0.867. The maximum Gasteiger partial charge on any atom is 0.251 e. The Hall–Kier alpha value is -2.40. The van der Waals surface area contributed by atoms with Crippen molar-refractivity contribution in [1.29, 1.82) is 0 Å². The Morgan fingerprint density at radius 2 is 1.85 bits per heavy atom. The Bertz CT molecular complexity index is 780. The van der Waals surface area contributed by atoms with E-state index in [-0.39, 0.29) is 17.9 Å². The topological polar surface area (TPSA) is 75.4 Å². The third-order valence-electron chi connectivity index (χ3n) is 5.27. The average Bonchev–Trinajstić information content (AvgIpc) is 2.67. The molecule has 0 saturated carbocycles. The second kappa shape index (κ2) is 8.32. The summed E-state index contributed by atoms with van der Waals surface area (Å²) in [5.41, 5.74) is 6.56. The molecule has 5 heteroatoms. The van der Waals surface area contributed by atoms with Crippen molar-refractivity contribution >= 4 is 22.6 Å². The molecule has 2 amide bonds. The molecule has 26 heavy (non-hydrogen) atoms. The zero-order valence-electron chi connectivity index (χ0n) is 15.3. The number of rotatable bonds is 5. The van der Waals surface area contributed by atoms with Gasteiger partial charge in [-0.25, -0.2) is 0 Å². The van der Waals surface area contributed by atoms with Gasteiger partial charge in [0.2, 0.25) is 5.91 Å². The van der Waals surface area contributed by atoms with Crippen LogP contribution >= 0.6 is 0 Å². The van der Waals surface area contributed by atoms with Gasteiger partial charge in [-0.2, -0.15) is 0 Å². The van der Waals surface area contributed by atoms with Crippen molar-refractivity contribution < 1.29 is 9.59 Å². The first-order valence-electron chi connectivity index (χ1n) is 9.35. The largest absolute Gasteiger partial charge is 0.352 e. The molecule has 1 atom stereocenters. The van der Waals surface area contributed by atoms with Gasteiger partial charge in [-0.3, -0.25) is 9.59 Å². The summed E-state index contributed by atoms with van der Waals surface area (Å²) in [6.07, 6.45) is 2.27. The molecular formula is C21H27N3O2. The molecule has 3 rings (SSSR count). The minimum atomic E-state index is -0.140. The molecule has 0 radical (unpaired) electrons. The maximum absolute atomic E-state index is 12.3. The highest BCUT2D eigenvalue weighted by Gasteiger charge is 2.24. The lowest BCUT2D eigenvalue weighted by molar-refractivity contribution is -0.132. The van der Waals surface area contributed by atoms with Gasteiger partial charge in [-0.1, -0.05) is 30.3 Å². The summed E-state index contributed by atoms with van der Waals surface area (Å²) < 4.78 is 0. The molecule has 1 fully saturated rings. The van der Waals surface area contributed by atoms with Crippen LogP contribution in [0.4, 0.5) is 0 Å². The second-order valence-electron chi connectivity index (χ2n) is 7.15. The van der Waals surface area contributed by atoms with Gasteiger partial charge in [0.05, 0.1) is 0 Å². The predicted molar refractivity (Wildman–Crippen MR) is 104 cm³/mol. The van der Waals surface area contributed by atoms with Crippen LogP contribution in [-0.4, -0.2) is 42.4 Å². The van der Waals surface area contributed by atoms with Crippen LogP contribution in [0.15, 0.2) is 42.5 Å². The number of nitrogens with two attached hydrogens (primary N) is 1. The molecule has 5 nitrogen and oxygen atoms in total. The van der Waals surface area contributed by atoms with Crippen molar-refractivity contribution in [3.05, 3.63) is 48.0 Å². The predicted octanol–water partition coefficient (Wildman–Crippen LogP) is 2.55. The van der Waals surface area contributed by atoms with Gasteiger partial charge in [0.15, 0.2) is 0 Å². The fourth-order valence-electron chi connectivity index (χ4n) is 3.55. The van der Waals surface area contributed by atoms with Crippen LogP contribution in [0.5, 0.6) is 0 Å². The van der Waals surface area contributed by atoms with E-state index in [9.17, 15) is 9.59 Å². The van der Waals surface area contributed by atoms with Crippen molar-refractivity contribution in [3.63, 3.8) is 0 Å². The van der Waals surface area contributed by atoms with Gasteiger partial charge in [-0.15, -0.1) is 0 Å². The van der Waals surface area contributed by atoms with E-state index < -0.39 is 0 Å². The van der Waals surface area contributed by atoms with Crippen LogP contribution in [0.25, 0.3) is 10.8 Å². The minimum Gasteiger partial charge on any atom is -0.352 e. The number of likely N-dealkylation sites (tertiary alicyclic amines) is 1. The lowest BCUT2D eigenvalue weighted by Crippen LogP contribution is -2.43. The Kier molecular flexibility index (Phi) is 5.89. The van der Waals surface area contributed by atoms with Crippen molar-refractivity contribution in [3.8, 4) is 0 Å². The molecule has 1 aliphatic heterocycles. The van der Waals surface area contributed by atoms with E-state index in [4.69, 9.17) is 5.73 Å². The van der Waals surface area contributed by atoms with Crippen LogP contribution in [0.1, 0.15) is 36.5 Å². The Labute approximate surface area is 154 Å². The molecule has 2 aromatic carbocycles. The van der Waals surface area contributed by atoms with Crippen LogP contribution < -0.4 is 11.1 Å². The lowest BCUT2D eigenvalue weighted by atomic mass is 9.91. The number of nitrogens with one attached hydrogen (secondary N) is 1. The van der Waals surface area contributed by atoms with Gasteiger partial charge in [-0.05, 0) is 48.6 Å². The van der Waals surface area contributed by atoms with E-state index in [1.54, 1.807) is 0 Å². The van der Waals surface area contributed by atoms with E-state index in [0.29, 0.717) is 24.4 Å². The molecule has 1 heterocycles. The number of hydrogen-bond donors (Lipinski definition) is 2. The van der Waals surface area contributed by atoms with E-state index in [1.807, 2.05) is 54.3 Å². The Morgan fingerprint density at radius 3 is 2.54 bits per heavy atom. The molecule has 1 saturated heterocycles. The first kappa shape index (κ1) is 18.4. The van der Waals surface area contributed by atoms with Crippen molar-refractivity contribution in [1.82, 2.24) is 10.2 Å². The number of fused-ring (bicyclic) bond motifs is 1. The summed E-state index contributed by atoms with van der Waals surface area (Å²) in [4.78, 5) is 26.5. The van der Waals surface area contributed by atoms with Gasteiger partial charge in [0.25, 0.3) is 5.91 Å². The Balaban J connectivity index is 1.46. The Morgan fingerprint density at radius 1 is 1.15 bits per heavy atom. The molecule has 0 spiro atoms. The van der Waals surface area contributed by atoms with Gasteiger partial charge in [0.1, 0.15) is 0 Å². The zero-order chi connectivity index (χ0) is 18.5. The summed E-state index contributed by atoms with van der Waals surface area (Å²) in [6, 6.07) is 13.8. The molecule has 2 aromatic rings.